The third kappa shape index (κ3) is 5.81. The molecule has 1 fully saturated rings. The molecule has 1 N–H and O–H groups in total. The van der Waals surface area contributed by atoms with Crippen LogP contribution in [0.4, 0.5) is 6.01 Å². The van der Waals surface area contributed by atoms with Gasteiger partial charge in [-0.05, 0) is 18.6 Å². The summed E-state index contributed by atoms with van der Waals surface area (Å²) in [6.07, 6.45) is 0. The predicted octanol–water partition coefficient (Wildman–Crippen LogP) is 2.81. The van der Waals surface area contributed by atoms with Crippen molar-refractivity contribution < 1.29 is 17.6 Å². The Labute approximate surface area is 204 Å². The zero-order valence-electron chi connectivity index (χ0n) is 18.8. The number of nitrogens with zero attached hydrogens (tertiary/aromatic N) is 4. The Hall–Kier alpha value is -3.24. The summed E-state index contributed by atoms with van der Waals surface area (Å²) in [6, 6.07) is 16.6. The van der Waals surface area contributed by atoms with Gasteiger partial charge in [-0.25, -0.2) is 8.42 Å². The van der Waals surface area contributed by atoms with Crippen LogP contribution >= 0.6 is 12.4 Å². The molecule has 1 saturated heterocycles. The average molecular weight is 504 g/mol. The van der Waals surface area contributed by atoms with E-state index >= 15 is 0 Å². The second-order valence-corrected chi connectivity index (χ2v) is 10.1. The van der Waals surface area contributed by atoms with Crippen LogP contribution in [0.15, 0.2) is 64.0 Å². The molecule has 0 radical (unpaired) electrons. The van der Waals surface area contributed by atoms with Crippen LogP contribution in [0.25, 0.3) is 0 Å². The molecule has 3 aromatic rings. The fourth-order valence-corrected chi connectivity index (χ4v) is 4.80. The number of carbonyl (C=O) groups excluding carboxylic acids is 1. The Kier molecular flexibility index (Phi) is 8.06. The lowest BCUT2D eigenvalue weighted by Crippen LogP contribution is -2.48. The molecule has 0 bridgehead atoms. The molecule has 180 valence electrons. The van der Waals surface area contributed by atoms with Gasteiger partial charge in [0.2, 0.25) is 11.9 Å². The van der Waals surface area contributed by atoms with E-state index in [9.17, 15) is 13.2 Å². The van der Waals surface area contributed by atoms with Gasteiger partial charge in [0, 0.05) is 31.3 Å². The van der Waals surface area contributed by atoms with Gasteiger partial charge < -0.3 is 14.6 Å². The summed E-state index contributed by atoms with van der Waals surface area (Å²) in [5.74, 6) is 0.708. The first-order chi connectivity index (χ1) is 15.9. The molecule has 0 amide bonds. The minimum atomic E-state index is -3.00. The maximum Gasteiger partial charge on any atom is 0.345 e. The predicted molar refractivity (Wildman–Crippen MR) is 132 cm³/mol. The SMILES string of the molecule is CN/C(=N\c1nnc(C(C)c2cccc(C(=O)c3ccccc3)c2)o1)N1CCS(=O)(=O)CC1.Cl. The third-order valence-corrected chi connectivity index (χ3v) is 7.16. The number of hydrogen-bond donors (Lipinski definition) is 1. The van der Waals surface area contributed by atoms with Crippen molar-refractivity contribution in [2.24, 2.45) is 4.99 Å². The van der Waals surface area contributed by atoms with E-state index in [0.29, 0.717) is 36.1 Å². The molecular weight excluding hydrogens is 478 g/mol. The summed E-state index contributed by atoms with van der Waals surface area (Å²) in [5.41, 5.74) is 2.08. The van der Waals surface area contributed by atoms with Crippen molar-refractivity contribution in [2.45, 2.75) is 12.8 Å². The van der Waals surface area contributed by atoms with Gasteiger partial charge in [0.15, 0.2) is 15.6 Å². The topological polar surface area (TPSA) is 118 Å². The number of hydrogen-bond acceptors (Lipinski definition) is 7. The van der Waals surface area contributed by atoms with Crippen molar-refractivity contribution in [3.63, 3.8) is 0 Å². The van der Waals surface area contributed by atoms with Crippen molar-refractivity contribution in [1.29, 1.82) is 0 Å². The number of sulfone groups is 1. The van der Waals surface area contributed by atoms with Crippen LogP contribution in [0.5, 0.6) is 0 Å². The number of aliphatic imine (C=N–C) groups is 1. The monoisotopic (exact) mass is 503 g/mol. The summed E-state index contributed by atoms with van der Waals surface area (Å²) < 4.78 is 29.1. The van der Waals surface area contributed by atoms with Crippen LogP contribution in [-0.2, 0) is 9.84 Å². The highest BCUT2D eigenvalue weighted by Gasteiger charge is 2.24. The molecule has 0 aliphatic carbocycles. The molecule has 0 saturated carbocycles. The van der Waals surface area contributed by atoms with Gasteiger partial charge >= 0.3 is 6.01 Å². The number of nitrogens with one attached hydrogen (secondary N) is 1. The van der Waals surface area contributed by atoms with Crippen molar-refractivity contribution in [2.75, 3.05) is 31.6 Å². The Morgan fingerprint density at radius 3 is 2.41 bits per heavy atom. The summed E-state index contributed by atoms with van der Waals surface area (Å²) in [5, 5.41) is 11.1. The molecule has 34 heavy (non-hydrogen) atoms. The van der Waals surface area contributed by atoms with E-state index in [-0.39, 0.29) is 41.6 Å². The molecule has 9 nitrogen and oxygen atoms in total. The lowest BCUT2D eigenvalue weighted by molar-refractivity contribution is 0.103. The summed E-state index contributed by atoms with van der Waals surface area (Å²) in [6.45, 7) is 2.62. The quantitative estimate of drug-likeness (QED) is 0.321. The highest BCUT2D eigenvalue weighted by molar-refractivity contribution is 7.91. The number of rotatable bonds is 5. The standard InChI is InChI=1S/C23H25N5O4S.ClH/c1-16(18-9-6-10-19(15-18)20(29)17-7-4-3-5-8-17)21-26-27-23(32-21)25-22(24-2)28-11-13-33(30,31)14-12-28;/h3-10,15-16H,11-14H2,1-2H3,(H,24,25,27);1H. The first kappa shape index (κ1) is 25.4. The van der Waals surface area contributed by atoms with E-state index in [1.807, 2.05) is 48.2 Å². The van der Waals surface area contributed by atoms with Gasteiger partial charge in [-0.1, -0.05) is 53.6 Å². The van der Waals surface area contributed by atoms with Crippen LogP contribution < -0.4 is 5.32 Å². The fourth-order valence-electron chi connectivity index (χ4n) is 3.59. The Balaban J connectivity index is 0.00000324. The van der Waals surface area contributed by atoms with E-state index in [1.54, 1.807) is 25.2 Å². The first-order valence-electron chi connectivity index (χ1n) is 10.6. The largest absolute Gasteiger partial charge is 0.406 e. The van der Waals surface area contributed by atoms with Crippen LogP contribution in [0.2, 0.25) is 0 Å². The zero-order valence-corrected chi connectivity index (χ0v) is 20.5. The number of aromatic nitrogens is 2. The van der Waals surface area contributed by atoms with E-state index in [1.165, 1.54) is 0 Å². The lowest BCUT2D eigenvalue weighted by atomic mass is 9.96. The molecule has 1 aliphatic heterocycles. The minimum absolute atomic E-state index is 0. The van der Waals surface area contributed by atoms with Gasteiger partial charge in [0.1, 0.15) is 0 Å². The van der Waals surface area contributed by atoms with Gasteiger partial charge in [-0.3, -0.25) is 4.79 Å². The fraction of sp³-hybridized carbons (Fsp3) is 0.304. The van der Waals surface area contributed by atoms with Crippen molar-refractivity contribution in [1.82, 2.24) is 20.4 Å². The highest BCUT2D eigenvalue weighted by atomic mass is 35.5. The molecule has 1 atom stereocenters. The van der Waals surface area contributed by atoms with Gasteiger partial charge in [0.05, 0.1) is 17.4 Å². The molecular formula is C23H26ClN5O4S. The average Bonchev–Trinajstić information content (AvgIpc) is 3.31. The molecule has 1 aliphatic rings. The number of carbonyl (C=O) groups is 1. The van der Waals surface area contributed by atoms with Crippen LogP contribution in [0.3, 0.4) is 0 Å². The summed E-state index contributed by atoms with van der Waals surface area (Å²) in [4.78, 5) is 19.0. The normalized spacial score (nSPS) is 16.4. The Morgan fingerprint density at radius 2 is 1.74 bits per heavy atom. The number of guanidine groups is 1. The molecule has 2 aromatic carbocycles. The van der Waals surface area contributed by atoms with E-state index in [4.69, 9.17) is 4.42 Å². The van der Waals surface area contributed by atoms with Crippen LogP contribution in [0, 0.1) is 0 Å². The van der Waals surface area contributed by atoms with Gasteiger partial charge in [-0.2, -0.15) is 4.99 Å². The van der Waals surface area contributed by atoms with Crippen molar-refractivity contribution >= 4 is 40.0 Å². The maximum absolute atomic E-state index is 12.8. The molecule has 1 aromatic heterocycles. The summed E-state index contributed by atoms with van der Waals surface area (Å²) in [7, 11) is -1.29. The van der Waals surface area contributed by atoms with Gasteiger partial charge in [-0.15, -0.1) is 17.5 Å². The van der Waals surface area contributed by atoms with Gasteiger partial charge in [0.25, 0.3) is 0 Å². The molecule has 11 heteroatoms. The zero-order chi connectivity index (χ0) is 23.4. The molecule has 1 unspecified atom stereocenters. The highest BCUT2D eigenvalue weighted by Crippen LogP contribution is 2.26. The van der Waals surface area contributed by atoms with Crippen molar-refractivity contribution in [3.05, 3.63) is 77.2 Å². The van der Waals surface area contributed by atoms with E-state index in [2.05, 4.69) is 20.5 Å². The number of ketones is 1. The molecule has 4 rings (SSSR count). The van der Waals surface area contributed by atoms with Crippen molar-refractivity contribution in [3.8, 4) is 0 Å². The minimum Gasteiger partial charge on any atom is -0.406 e. The van der Waals surface area contributed by atoms with Crippen LogP contribution in [-0.4, -0.2) is 66.9 Å². The van der Waals surface area contributed by atoms with Crippen LogP contribution in [0.1, 0.15) is 40.2 Å². The summed E-state index contributed by atoms with van der Waals surface area (Å²) >= 11 is 0. The second-order valence-electron chi connectivity index (χ2n) is 7.79. The molecule has 0 spiro atoms. The first-order valence-corrected chi connectivity index (χ1v) is 12.4. The smallest absolute Gasteiger partial charge is 0.345 e. The maximum atomic E-state index is 12.8. The Bertz CT molecular complexity index is 1260. The lowest BCUT2D eigenvalue weighted by Gasteiger charge is -2.28. The Morgan fingerprint density at radius 1 is 1.06 bits per heavy atom. The second kappa shape index (κ2) is 10.8. The number of benzene rings is 2. The van der Waals surface area contributed by atoms with E-state index < -0.39 is 9.84 Å². The molecule has 2 heterocycles. The van der Waals surface area contributed by atoms with E-state index in [0.717, 1.165) is 5.56 Å². The third-order valence-electron chi connectivity index (χ3n) is 5.55. The number of halogens is 1.